The molecule has 0 spiro atoms. The molecule has 0 N–H and O–H groups in total. The maximum absolute atomic E-state index is 13.9. The molecule has 1 aromatic heterocycles. The molecule has 2 saturated heterocycles. The molecule has 0 radical (unpaired) electrons. The summed E-state index contributed by atoms with van der Waals surface area (Å²) in [7, 11) is 0. The molecule has 2 aliphatic heterocycles. The summed E-state index contributed by atoms with van der Waals surface area (Å²) < 4.78 is 11.6. The first-order valence-corrected chi connectivity index (χ1v) is 13.6. The van der Waals surface area contributed by atoms with Crippen molar-refractivity contribution in [2.24, 2.45) is 0 Å². The van der Waals surface area contributed by atoms with Crippen molar-refractivity contribution in [1.82, 2.24) is 15.0 Å². The van der Waals surface area contributed by atoms with Gasteiger partial charge in [0, 0.05) is 49.9 Å². The molecule has 0 bridgehead atoms. The number of piperidine rings is 1. The van der Waals surface area contributed by atoms with E-state index in [1.807, 2.05) is 54.3 Å². The molecule has 196 valence electrons. The van der Waals surface area contributed by atoms with Crippen molar-refractivity contribution in [3.8, 4) is 11.3 Å². The van der Waals surface area contributed by atoms with Gasteiger partial charge in [-0.25, -0.2) is 0 Å². The van der Waals surface area contributed by atoms with E-state index in [1.54, 1.807) is 0 Å². The molecule has 0 unspecified atom stereocenters. The molecule has 2 aromatic carbocycles. The fourth-order valence-electron chi connectivity index (χ4n) is 5.30. The van der Waals surface area contributed by atoms with E-state index in [1.165, 1.54) is 6.42 Å². The van der Waals surface area contributed by atoms with Crippen LogP contribution in [0.15, 0.2) is 59.1 Å². The van der Waals surface area contributed by atoms with E-state index in [9.17, 15) is 4.79 Å². The molecule has 3 heterocycles. The van der Waals surface area contributed by atoms with Crippen LogP contribution in [0.2, 0.25) is 0 Å². The number of aryl methyl sites for hydroxylation is 1. The first-order valence-electron chi connectivity index (χ1n) is 13.6. The van der Waals surface area contributed by atoms with Crippen LogP contribution in [0, 0.1) is 6.92 Å². The van der Waals surface area contributed by atoms with Crippen LogP contribution in [-0.2, 0) is 11.3 Å². The lowest BCUT2D eigenvalue weighted by Crippen LogP contribution is -2.43. The van der Waals surface area contributed by atoms with E-state index in [4.69, 9.17) is 9.26 Å². The molecule has 1 amide bonds. The van der Waals surface area contributed by atoms with Crippen molar-refractivity contribution in [3.05, 3.63) is 71.3 Å². The minimum atomic E-state index is 0.0334. The van der Waals surface area contributed by atoms with Crippen molar-refractivity contribution in [3.63, 3.8) is 0 Å². The summed E-state index contributed by atoms with van der Waals surface area (Å²) in [4.78, 5) is 20.6. The van der Waals surface area contributed by atoms with Crippen LogP contribution in [-0.4, -0.2) is 72.8 Å². The van der Waals surface area contributed by atoms with E-state index >= 15 is 0 Å². The highest BCUT2D eigenvalue weighted by molar-refractivity contribution is 5.94. The number of anilines is 1. The summed E-state index contributed by atoms with van der Waals surface area (Å²) in [6.45, 7) is 10.4. The van der Waals surface area contributed by atoms with Gasteiger partial charge in [0.2, 0.25) is 5.88 Å². The molecule has 0 saturated carbocycles. The van der Waals surface area contributed by atoms with Gasteiger partial charge in [-0.2, -0.15) is 0 Å². The Morgan fingerprint density at radius 2 is 1.78 bits per heavy atom. The zero-order valence-electron chi connectivity index (χ0n) is 22.1. The molecular formula is C30H38N4O3. The average molecular weight is 503 g/mol. The summed E-state index contributed by atoms with van der Waals surface area (Å²) in [5.41, 5.74) is 4.67. The number of carbonyl (C=O) groups is 1. The van der Waals surface area contributed by atoms with E-state index in [0.29, 0.717) is 24.7 Å². The summed E-state index contributed by atoms with van der Waals surface area (Å²) in [5, 5.41) is 4.56. The van der Waals surface area contributed by atoms with Gasteiger partial charge in [-0.05, 0) is 45.2 Å². The number of morpholine rings is 1. The maximum Gasteiger partial charge on any atom is 0.254 e. The van der Waals surface area contributed by atoms with Crippen molar-refractivity contribution in [1.29, 1.82) is 0 Å². The molecular weight excluding hydrogens is 464 g/mol. The van der Waals surface area contributed by atoms with Crippen molar-refractivity contribution in [2.75, 3.05) is 50.8 Å². The van der Waals surface area contributed by atoms with E-state index in [-0.39, 0.29) is 5.91 Å². The summed E-state index contributed by atoms with van der Waals surface area (Å²) in [6, 6.07) is 18.4. The van der Waals surface area contributed by atoms with Crippen LogP contribution in [0.3, 0.4) is 0 Å². The minimum Gasteiger partial charge on any atom is -0.379 e. The Bertz CT molecular complexity index is 1160. The standard InChI is InChI=1S/C30H38N4O3/c1-23-11-13-26(14-12-23)29(35)33(17-16-32-18-20-36-21-19-32)22-27-28(25-9-4-3-5-10-25)31-37-30(27)34-15-7-6-8-24(34)2/h3-5,9-14,24H,6-8,15-22H2,1-2H3/t24-/m0/s1. The van der Waals surface area contributed by atoms with Gasteiger partial charge in [-0.1, -0.05) is 53.2 Å². The highest BCUT2D eigenvalue weighted by atomic mass is 16.5. The molecule has 37 heavy (non-hydrogen) atoms. The zero-order chi connectivity index (χ0) is 25.6. The number of rotatable bonds is 8. The van der Waals surface area contributed by atoms with Gasteiger partial charge in [-0.3, -0.25) is 9.69 Å². The third kappa shape index (κ3) is 6.05. The Morgan fingerprint density at radius 1 is 1.03 bits per heavy atom. The molecule has 7 nitrogen and oxygen atoms in total. The number of nitrogens with zero attached hydrogens (tertiary/aromatic N) is 4. The normalized spacial score (nSPS) is 18.6. The van der Waals surface area contributed by atoms with E-state index in [2.05, 4.69) is 34.0 Å². The first-order chi connectivity index (χ1) is 18.1. The fraction of sp³-hybridized carbons (Fsp3) is 0.467. The predicted octanol–water partition coefficient (Wildman–Crippen LogP) is 5.00. The number of hydrogen-bond donors (Lipinski definition) is 0. The topological polar surface area (TPSA) is 62.1 Å². The van der Waals surface area contributed by atoms with E-state index < -0.39 is 0 Å². The van der Waals surface area contributed by atoms with Crippen LogP contribution < -0.4 is 4.90 Å². The molecule has 1 atom stereocenters. The van der Waals surface area contributed by atoms with E-state index in [0.717, 1.165) is 80.5 Å². The number of aromatic nitrogens is 1. The van der Waals surface area contributed by atoms with Gasteiger partial charge in [-0.15, -0.1) is 0 Å². The largest absolute Gasteiger partial charge is 0.379 e. The van der Waals surface area contributed by atoms with Gasteiger partial charge < -0.3 is 19.1 Å². The lowest BCUT2D eigenvalue weighted by Gasteiger charge is -2.34. The smallest absolute Gasteiger partial charge is 0.254 e. The van der Waals surface area contributed by atoms with Crippen LogP contribution in [0.25, 0.3) is 11.3 Å². The maximum atomic E-state index is 13.9. The third-order valence-electron chi connectivity index (χ3n) is 7.60. The molecule has 3 aromatic rings. The molecule has 5 rings (SSSR count). The summed E-state index contributed by atoms with van der Waals surface area (Å²) in [6.07, 6.45) is 3.49. The molecule has 2 fully saturated rings. The molecule has 2 aliphatic rings. The number of ether oxygens (including phenoxy) is 1. The van der Waals surface area contributed by atoms with Crippen LogP contribution in [0.1, 0.15) is 47.7 Å². The number of carbonyl (C=O) groups excluding carboxylic acids is 1. The van der Waals surface area contributed by atoms with Gasteiger partial charge in [0.1, 0.15) is 5.69 Å². The van der Waals surface area contributed by atoms with Crippen LogP contribution >= 0.6 is 0 Å². The third-order valence-corrected chi connectivity index (χ3v) is 7.60. The monoisotopic (exact) mass is 502 g/mol. The SMILES string of the molecule is Cc1ccc(C(=O)N(CCN2CCOCC2)Cc2c(-c3ccccc3)noc2N2CCCC[C@@H]2C)cc1. The second kappa shape index (κ2) is 11.9. The second-order valence-corrected chi connectivity index (χ2v) is 10.3. The van der Waals surface area contributed by atoms with Crippen molar-refractivity contribution >= 4 is 11.8 Å². The van der Waals surface area contributed by atoms with Gasteiger partial charge in [0.25, 0.3) is 5.91 Å². The van der Waals surface area contributed by atoms with Crippen molar-refractivity contribution < 1.29 is 14.1 Å². The molecule has 0 aliphatic carbocycles. The van der Waals surface area contributed by atoms with Crippen LogP contribution in [0.5, 0.6) is 0 Å². The quantitative estimate of drug-likeness (QED) is 0.432. The Hall–Kier alpha value is -3.16. The van der Waals surface area contributed by atoms with Crippen molar-refractivity contribution in [2.45, 2.75) is 45.7 Å². The van der Waals surface area contributed by atoms with Gasteiger partial charge in [0.15, 0.2) is 0 Å². The lowest BCUT2D eigenvalue weighted by molar-refractivity contribution is 0.0320. The Kier molecular flexibility index (Phi) is 8.21. The summed E-state index contributed by atoms with van der Waals surface area (Å²) >= 11 is 0. The Morgan fingerprint density at radius 3 is 2.51 bits per heavy atom. The van der Waals surface area contributed by atoms with Gasteiger partial charge >= 0.3 is 0 Å². The fourth-order valence-corrected chi connectivity index (χ4v) is 5.30. The highest BCUT2D eigenvalue weighted by Crippen LogP contribution is 2.35. The molecule has 7 heteroatoms. The Balaban J connectivity index is 1.49. The predicted molar refractivity (Wildman–Crippen MR) is 146 cm³/mol. The Labute approximate surface area is 220 Å². The summed E-state index contributed by atoms with van der Waals surface area (Å²) in [5.74, 6) is 0.838. The van der Waals surface area contributed by atoms with Gasteiger partial charge in [0.05, 0.1) is 25.3 Å². The number of amides is 1. The highest BCUT2D eigenvalue weighted by Gasteiger charge is 2.30. The number of hydrogen-bond acceptors (Lipinski definition) is 6. The lowest BCUT2D eigenvalue weighted by atomic mass is 10.0. The minimum absolute atomic E-state index is 0.0334. The zero-order valence-corrected chi connectivity index (χ0v) is 22.1. The average Bonchev–Trinajstić information content (AvgIpc) is 3.35. The van der Waals surface area contributed by atoms with Crippen LogP contribution in [0.4, 0.5) is 5.88 Å². The number of benzene rings is 2. The first kappa shape index (κ1) is 25.5. The second-order valence-electron chi connectivity index (χ2n) is 10.3.